The summed E-state index contributed by atoms with van der Waals surface area (Å²) in [4.78, 5) is 46.9. The van der Waals surface area contributed by atoms with Crippen molar-refractivity contribution >= 4 is 23.5 Å². The molecule has 1 aliphatic rings. The maximum Gasteiger partial charge on any atom is 0.255 e. The molecule has 0 radical (unpaired) electrons. The number of nitrogens with zero attached hydrogens (tertiary/aromatic N) is 3. The SMILES string of the molecule is CC(=O)Nc1cccc(C(=O)N2CCc3c(nc(N(C)C)[nH]c3=O)C2)c1. The molecule has 26 heavy (non-hydrogen) atoms. The Labute approximate surface area is 150 Å². The van der Waals surface area contributed by atoms with Gasteiger partial charge < -0.3 is 15.1 Å². The summed E-state index contributed by atoms with van der Waals surface area (Å²) in [5, 5.41) is 2.67. The molecule has 0 bridgehead atoms. The van der Waals surface area contributed by atoms with Crippen LogP contribution >= 0.6 is 0 Å². The summed E-state index contributed by atoms with van der Waals surface area (Å²) in [7, 11) is 3.59. The minimum absolute atomic E-state index is 0.154. The van der Waals surface area contributed by atoms with E-state index in [4.69, 9.17) is 0 Å². The number of H-pyrrole nitrogens is 1. The first-order valence-corrected chi connectivity index (χ1v) is 8.31. The molecular formula is C18H21N5O3. The van der Waals surface area contributed by atoms with Crippen LogP contribution < -0.4 is 15.8 Å². The molecule has 0 spiro atoms. The number of fused-ring (bicyclic) bond motifs is 1. The van der Waals surface area contributed by atoms with E-state index in [1.165, 1.54) is 6.92 Å². The van der Waals surface area contributed by atoms with Crippen LogP contribution in [0.1, 0.15) is 28.5 Å². The molecule has 0 atom stereocenters. The second-order valence-electron chi connectivity index (χ2n) is 6.45. The Morgan fingerprint density at radius 3 is 2.77 bits per heavy atom. The minimum atomic E-state index is -0.193. The molecule has 0 fully saturated rings. The fourth-order valence-electron chi connectivity index (χ4n) is 2.93. The third-order valence-corrected chi connectivity index (χ3v) is 4.20. The molecule has 2 N–H and O–H groups in total. The lowest BCUT2D eigenvalue weighted by atomic mass is 10.1. The number of carbonyl (C=O) groups excluding carboxylic acids is 2. The van der Waals surface area contributed by atoms with E-state index in [0.717, 1.165) is 0 Å². The molecule has 1 aromatic carbocycles. The third kappa shape index (κ3) is 3.58. The van der Waals surface area contributed by atoms with Crippen LogP contribution in [0.25, 0.3) is 0 Å². The highest BCUT2D eigenvalue weighted by Crippen LogP contribution is 2.19. The van der Waals surface area contributed by atoms with Crippen LogP contribution in [0, 0.1) is 0 Å². The second-order valence-corrected chi connectivity index (χ2v) is 6.45. The summed E-state index contributed by atoms with van der Waals surface area (Å²) in [6.07, 6.45) is 0.461. The largest absolute Gasteiger partial charge is 0.348 e. The third-order valence-electron chi connectivity index (χ3n) is 4.20. The van der Waals surface area contributed by atoms with Crippen molar-refractivity contribution in [3.05, 3.63) is 51.4 Å². The van der Waals surface area contributed by atoms with E-state index in [0.29, 0.717) is 41.4 Å². The molecule has 1 aliphatic heterocycles. The Hall–Kier alpha value is -3.16. The first-order chi connectivity index (χ1) is 12.3. The first-order valence-electron chi connectivity index (χ1n) is 8.31. The standard InChI is InChI=1S/C18H21N5O3/c1-11(24)19-13-6-4-5-12(9-13)17(26)23-8-7-14-15(10-23)20-18(22(2)3)21-16(14)25/h4-6,9H,7-8,10H2,1-3H3,(H,19,24)(H,20,21,25). The van der Waals surface area contributed by atoms with Gasteiger partial charge in [-0.2, -0.15) is 0 Å². The Balaban J connectivity index is 1.85. The summed E-state index contributed by atoms with van der Waals surface area (Å²) in [5.74, 6) is 0.119. The summed E-state index contributed by atoms with van der Waals surface area (Å²) < 4.78 is 0. The van der Waals surface area contributed by atoms with Gasteiger partial charge in [-0.15, -0.1) is 0 Å². The van der Waals surface area contributed by atoms with Crippen LogP contribution in [0.4, 0.5) is 11.6 Å². The monoisotopic (exact) mass is 355 g/mol. The van der Waals surface area contributed by atoms with Crippen LogP contribution in [-0.4, -0.2) is 47.3 Å². The Bertz CT molecular complexity index is 919. The zero-order valence-corrected chi connectivity index (χ0v) is 15.0. The Morgan fingerprint density at radius 1 is 1.31 bits per heavy atom. The molecule has 1 aromatic heterocycles. The van der Waals surface area contributed by atoms with Crippen molar-refractivity contribution in [3.63, 3.8) is 0 Å². The van der Waals surface area contributed by atoms with Gasteiger partial charge in [-0.05, 0) is 24.6 Å². The number of hydrogen-bond donors (Lipinski definition) is 2. The van der Waals surface area contributed by atoms with E-state index >= 15 is 0 Å². The Kier molecular flexibility index (Phi) is 4.75. The lowest BCUT2D eigenvalue weighted by molar-refractivity contribution is -0.114. The summed E-state index contributed by atoms with van der Waals surface area (Å²) >= 11 is 0. The summed E-state index contributed by atoms with van der Waals surface area (Å²) in [6.45, 7) is 2.15. The smallest absolute Gasteiger partial charge is 0.255 e. The van der Waals surface area contributed by atoms with Gasteiger partial charge in [0.05, 0.1) is 12.2 Å². The number of hydrogen-bond acceptors (Lipinski definition) is 5. The van der Waals surface area contributed by atoms with Gasteiger partial charge in [0.25, 0.3) is 11.5 Å². The van der Waals surface area contributed by atoms with Gasteiger partial charge >= 0.3 is 0 Å². The molecule has 0 aliphatic carbocycles. The summed E-state index contributed by atoms with van der Waals surface area (Å²) in [6, 6.07) is 6.81. The van der Waals surface area contributed by atoms with Crippen LogP contribution in [0.2, 0.25) is 0 Å². The normalized spacial score (nSPS) is 13.1. The highest BCUT2D eigenvalue weighted by atomic mass is 16.2. The van der Waals surface area contributed by atoms with Crippen molar-refractivity contribution in [1.82, 2.24) is 14.9 Å². The number of amides is 2. The van der Waals surface area contributed by atoms with Gasteiger partial charge in [0.15, 0.2) is 0 Å². The second kappa shape index (κ2) is 6.99. The van der Waals surface area contributed by atoms with E-state index < -0.39 is 0 Å². The molecule has 2 aromatic rings. The lowest BCUT2D eigenvalue weighted by Crippen LogP contribution is -2.39. The van der Waals surface area contributed by atoms with Gasteiger partial charge in [-0.25, -0.2) is 4.98 Å². The number of aromatic nitrogens is 2. The molecule has 0 unspecified atom stereocenters. The molecular weight excluding hydrogens is 334 g/mol. The van der Waals surface area contributed by atoms with Crippen molar-refractivity contribution in [2.45, 2.75) is 19.9 Å². The number of rotatable bonds is 3. The van der Waals surface area contributed by atoms with Crippen molar-refractivity contribution in [2.75, 3.05) is 30.9 Å². The zero-order chi connectivity index (χ0) is 18.8. The van der Waals surface area contributed by atoms with Gasteiger partial charge in [0.2, 0.25) is 11.9 Å². The number of anilines is 2. The topological polar surface area (TPSA) is 98.4 Å². The zero-order valence-electron chi connectivity index (χ0n) is 15.0. The number of carbonyl (C=O) groups is 2. The van der Waals surface area contributed by atoms with E-state index in [-0.39, 0.29) is 23.9 Å². The minimum Gasteiger partial charge on any atom is -0.348 e. The van der Waals surface area contributed by atoms with Crippen molar-refractivity contribution < 1.29 is 9.59 Å². The molecule has 2 heterocycles. The summed E-state index contributed by atoms with van der Waals surface area (Å²) in [5.41, 5.74) is 2.16. The van der Waals surface area contributed by atoms with Crippen LogP contribution in [0.3, 0.4) is 0 Å². The quantitative estimate of drug-likeness (QED) is 0.856. The average Bonchev–Trinajstić information content (AvgIpc) is 2.60. The van der Waals surface area contributed by atoms with Gasteiger partial charge in [-0.3, -0.25) is 19.4 Å². The molecule has 2 amide bonds. The van der Waals surface area contributed by atoms with Crippen molar-refractivity contribution in [1.29, 1.82) is 0 Å². The Morgan fingerprint density at radius 2 is 2.08 bits per heavy atom. The highest BCUT2D eigenvalue weighted by Gasteiger charge is 2.25. The van der Waals surface area contributed by atoms with Crippen molar-refractivity contribution in [3.8, 4) is 0 Å². The number of aromatic amines is 1. The van der Waals surface area contributed by atoms with Crippen LogP contribution in [0.15, 0.2) is 29.1 Å². The number of benzene rings is 1. The average molecular weight is 355 g/mol. The van der Waals surface area contributed by atoms with Crippen LogP contribution in [-0.2, 0) is 17.8 Å². The van der Waals surface area contributed by atoms with Gasteiger partial charge in [-0.1, -0.05) is 6.07 Å². The fourth-order valence-corrected chi connectivity index (χ4v) is 2.93. The predicted molar refractivity (Wildman–Crippen MR) is 98.4 cm³/mol. The molecule has 0 saturated heterocycles. The van der Waals surface area contributed by atoms with Crippen LogP contribution in [0.5, 0.6) is 0 Å². The molecule has 0 saturated carbocycles. The molecule has 8 heteroatoms. The van der Waals surface area contributed by atoms with E-state index in [1.807, 2.05) is 0 Å². The maximum absolute atomic E-state index is 12.8. The maximum atomic E-state index is 12.8. The number of nitrogens with one attached hydrogen (secondary N) is 2. The first kappa shape index (κ1) is 17.7. The predicted octanol–water partition coefficient (Wildman–Crippen LogP) is 0.993. The molecule has 136 valence electrons. The van der Waals surface area contributed by atoms with Gasteiger partial charge in [0.1, 0.15) is 0 Å². The lowest BCUT2D eigenvalue weighted by Gasteiger charge is -2.28. The van der Waals surface area contributed by atoms with Crippen molar-refractivity contribution in [2.24, 2.45) is 0 Å². The van der Waals surface area contributed by atoms with E-state index in [1.54, 1.807) is 48.2 Å². The molecule has 3 rings (SSSR count). The fraction of sp³-hybridized carbons (Fsp3) is 0.333. The van der Waals surface area contributed by atoms with Gasteiger partial charge in [0, 0.05) is 44.4 Å². The molecule has 8 nitrogen and oxygen atoms in total. The highest BCUT2D eigenvalue weighted by molar-refractivity contribution is 5.96. The van der Waals surface area contributed by atoms with E-state index in [2.05, 4.69) is 15.3 Å². The van der Waals surface area contributed by atoms with E-state index in [9.17, 15) is 14.4 Å².